The number of oxazole rings is 1. The fourth-order valence-corrected chi connectivity index (χ4v) is 3.70. The lowest BCUT2D eigenvalue weighted by Crippen LogP contribution is -2.14. The van der Waals surface area contributed by atoms with Crippen LogP contribution in [0.1, 0.15) is 16.2 Å². The summed E-state index contributed by atoms with van der Waals surface area (Å²) in [6.07, 6.45) is 3.34. The molecule has 1 amide bonds. The Bertz CT molecular complexity index is 1300. The van der Waals surface area contributed by atoms with E-state index in [1.54, 1.807) is 25.5 Å². The molecule has 29 heavy (non-hydrogen) atoms. The molecule has 0 atom stereocenters. The fraction of sp³-hybridized carbons (Fsp3) is 0.0476. The molecule has 0 aliphatic rings. The third-order valence-corrected chi connectivity index (χ3v) is 5.31. The normalized spacial score (nSPS) is 11.1. The van der Waals surface area contributed by atoms with Crippen LogP contribution in [0.3, 0.4) is 0 Å². The molecular weight excluding hydrogens is 386 g/mol. The summed E-state index contributed by atoms with van der Waals surface area (Å²) >= 11 is 1.51. The number of para-hydroxylation sites is 2. The van der Waals surface area contributed by atoms with Crippen LogP contribution in [0.5, 0.6) is 0 Å². The number of rotatable bonds is 4. The van der Waals surface area contributed by atoms with Crippen molar-refractivity contribution >= 4 is 34.0 Å². The highest BCUT2D eigenvalue weighted by Crippen LogP contribution is 2.26. The van der Waals surface area contributed by atoms with E-state index in [1.807, 2.05) is 52.4 Å². The average molecular weight is 401 g/mol. The molecule has 0 aliphatic carbocycles. The van der Waals surface area contributed by atoms with Crippen molar-refractivity contribution in [1.82, 2.24) is 19.5 Å². The lowest BCUT2D eigenvalue weighted by molar-refractivity contribution is 0.102. The number of pyridine rings is 1. The van der Waals surface area contributed by atoms with Gasteiger partial charge >= 0.3 is 0 Å². The molecule has 0 unspecified atom stereocenters. The van der Waals surface area contributed by atoms with Crippen molar-refractivity contribution in [3.63, 3.8) is 0 Å². The van der Waals surface area contributed by atoms with Gasteiger partial charge in [0.05, 0.1) is 27.8 Å². The second-order valence-corrected chi connectivity index (χ2v) is 7.31. The summed E-state index contributed by atoms with van der Waals surface area (Å²) in [6, 6.07) is 15.3. The van der Waals surface area contributed by atoms with Crippen LogP contribution in [0.15, 0.2) is 70.9 Å². The lowest BCUT2D eigenvalue weighted by Gasteiger charge is -2.06. The zero-order valence-corrected chi connectivity index (χ0v) is 16.2. The molecule has 8 heteroatoms. The standard InChI is InChI=1S/C21H15N5O2S/c1-13-19(25-21(28-13)17-7-4-10-29-17)20(27)24-14-8-9-18(22-11-14)26-12-23-15-5-2-3-6-16(15)26/h2-12H,1H3,(H,24,27). The quantitative estimate of drug-likeness (QED) is 0.472. The summed E-state index contributed by atoms with van der Waals surface area (Å²) < 4.78 is 7.54. The van der Waals surface area contributed by atoms with Crippen LogP contribution in [0, 0.1) is 6.92 Å². The number of anilines is 1. The third-order valence-electron chi connectivity index (χ3n) is 4.45. The van der Waals surface area contributed by atoms with Gasteiger partial charge in [0, 0.05) is 0 Å². The molecule has 0 saturated carbocycles. The Kier molecular flexibility index (Phi) is 4.18. The van der Waals surface area contributed by atoms with Crippen LogP contribution in [-0.2, 0) is 0 Å². The van der Waals surface area contributed by atoms with E-state index >= 15 is 0 Å². The number of hydrogen-bond acceptors (Lipinski definition) is 6. The Morgan fingerprint density at radius 3 is 2.79 bits per heavy atom. The molecule has 0 saturated heterocycles. The molecule has 0 fully saturated rings. The predicted octanol–water partition coefficient (Wildman–Crippen LogP) is 4.70. The van der Waals surface area contributed by atoms with Gasteiger partial charge in [-0.05, 0) is 42.6 Å². The van der Waals surface area contributed by atoms with Crippen LogP contribution in [0.25, 0.3) is 27.6 Å². The number of aryl methyl sites for hydroxylation is 1. The molecule has 4 heterocycles. The summed E-state index contributed by atoms with van der Waals surface area (Å²) in [4.78, 5) is 26.7. The number of thiophene rings is 1. The highest BCUT2D eigenvalue weighted by Gasteiger charge is 2.19. The van der Waals surface area contributed by atoms with Gasteiger partial charge in [0.15, 0.2) is 5.69 Å². The summed E-state index contributed by atoms with van der Waals surface area (Å²) in [5.41, 5.74) is 2.70. The van der Waals surface area contributed by atoms with E-state index < -0.39 is 0 Å². The van der Waals surface area contributed by atoms with Gasteiger partial charge in [-0.2, -0.15) is 0 Å². The third kappa shape index (κ3) is 3.19. The number of benzene rings is 1. The Morgan fingerprint density at radius 2 is 2.00 bits per heavy atom. The Balaban J connectivity index is 1.37. The highest BCUT2D eigenvalue weighted by molar-refractivity contribution is 7.13. The smallest absolute Gasteiger partial charge is 0.277 e. The molecule has 0 radical (unpaired) electrons. The highest BCUT2D eigenvalue weighted by atomic mass is 32.1. The van der Waals surface area contributed by atoms with Crippen molar-refractivity contribution < 1.29 is 9.21 Å². The van der Waals surface area contributed by atoms with Crippen molar-refractivity contribution in [3.8, 4) is 16.6 Å². The maximum absolute atomic E-state index is 12.6. The number of imidazole rings is 1. The zero-order valence-electron chi connectivity index (χ0n) is 15.4. The van der Waals surface area contributed by atoms with E-state index in [1.165, 1.54) is 11.3 Å². The Morgan fingerprint density at radius 1 is 1.10 bits per heavy atom. The maximum atomic E-state index is 12.6. The van der Waals surface area contributed by atoms with Crippen molar-refractivity contribution in [2.24, 2.45) is 0 Å². The SMILES string of the molecule is Cc1oc(-c2cccs2)nc1C(=O)Nc1ccc(-n2cnc3ccccc32)nc1. The lowest BCUT2D eigenvalue weighted by atomic mass is 10.3. The van der Waals surface area contributed by atoms with Crippen molar-refractivity contribution in [1.29, 1.82) is 0 Å². The number of amides is 1. The second-order valence-electron chi connectivity index (χ2n) is 6.36. The Labute approximate surface area is 169 Å². The Hall–Kier alpha value is -3.78. The van der Waals surface area contributed by atoms with Gasteiger partial charge in [-0.1, -0.05) is 18.2 Å². The van der Waals surface area contributed by atoms with Crippen LogP contribution >= 0.6 is 11.3 Å². The van der Waals surface area contributed by atoms with E-state index in [-0.39, 0.29) is 11.6 Å². The minimum atomic E-state index is -0.336. The number of hydrogen-bond donors (Lipinski definition) is 1. The van der Waals surface area contributed by atoms with Crippen molar-refractivity contribution in [2.75, 3.05) is 5.32 Å². The van der Waals surface area contributed by atoms with Crippen molar-refractivity contribution in [2.45, 2.75) is 6.92 Å². The van der Waals surface area contributed by atoms with Gasteiger partial charge in [0.2, 0.25) is 5.89 Å². The minimum absolute atomic E-state index is 0.262. The van der Waals surface area contributed by atoms with Gasteiger partial charge in [-0.3, -0.25) is 9.36 Å². The average Bonchev–Trinajstić information content (AvgIpc) is 3.48. The van der Waals surface area contributed by atoms with E-state index in [9.17, 15) is 4.79 Å². The summed E-state index contributed by atoms with van der Waals surface area (Å²) in [7, 11) is 0. The molecule has 5 rings (SSSR count). The molecule has 7 nitrogen and oxygen atoms in total. The number of carbonyl (C=O) groups excluding carboxylic acids is 1. The van der Waals surface area contributed by atoms with Crippen LogP contribution < -0.4 is 5.32 Å². The van der Waals surface area contributed by atoms with Gasteiger partial charge in [0.25, 0.3) is 5.91 Å². The summed E-state index contributed by atoms with van der Waals surface area (Å²) in [5, 5.41) is 4.76. The molecular formula is C21H15N5O2S. The largest absolute Gasteiger partial charge is 0.440 e. The van der Waals surface area contributed by atoms with Crippen LogP contribution in [-0.4, -0.2) is 25.4 Å². The molecule has 142 valence electrons. The second kappa shape index (κ2) is 6.99. The van der Waals surface area contributed by atoms with Gasteiger partial charge in [-0.15, -0.1) is 11.3 Å². The molecule has 0 aliphatic heterocycles. The predicted molar refractivity (Wildman–Crippen MR) is 111 cm³/mol. The number of nitrogens with zero attached hydrogens (tertiary/aromatic N) is 4. The number of nitrogens with one attached hydrogen (secondary N) is 1. The number of carbonyl (C=O) groups is 1. The maximum Gasteiger partial charge on any atom is 0.277 e. The fourth-order valence-electron chi connectivity index (χ4n) is 3.05. The summed E-state index contributed by atoms with van der Waals surface area (Å²) in [5.74, 6) is 1.30. The van der Waals surface area contributed by atoms with Crippen LogP contribution in [0.2, 0.25) is 0 Å². The first kappa shape index (κ1) is 17.3. The molecule has 5 aromatic rings. The molecule has 1 N–H and O–H groups in total. The van der Waals surface area contributed by atoms with Crippen LogP contribution in [0.4, 0.5) is 5.69 Å². The molecule has 1 aromatic carbocycles. The molecule has 0 bridgehead atoms. The van der Waals surface area contributed by atoms with E-state index in [4.69, 9.17) is 4.42 Å². The summed E-state index contributed by atoms with van der Waals surface area (Å²) in [6.45, 7) is 1.73. The molecule has 4 aromatic heterocycles. The zero-order chi connectivity index (χ0) is 19.8. The first-order chi connectivity index (χ1) is 14.2. The van der Waals surface area contributed by atoms with Gasteiger partial charge < -0.3 is 9.73 Å². The van der Waals surface area contributed by atoms with Crippen molar-refractivity contribution in [3.05, 3.63) is 77.9 Å². The van der Waals surface area contributed by atoms with E-state index in [2.05, 4.69) is 20.3 Å². The first-order valence-electron chi connectivity index (χ1n) is 8.90. The minimum Gasteiger partial charge on any atom is -0.440 e. The van der Waals surface area contributed by atoms with E-state index in [0.717, 1.165) is 15.9 Å². The van der Waals surface area contributed by atoms with Gasteiger partial charge in [-0.25, -0.2) is 15.0 Å². The number of aromatic nitrogens is 4. The topological polar surface area (TPSA) is 85.8 Å². The number of fused-ring (bicyclic) bond motifs is 1. The monoisotopic (exact) mass is 401 g/mol. The van der Waals surface area contributed by atoms with Gasteiger partial charge in [0.1, 0.15) is 17.9 Å². The molecule has 0 spiro atoms. The first-order valence-corrected chi connectivity index (χ1v) is 9.78. The van der Waals surface area contributed by atoms with E-state index in [0.29, 0.717) is 23.2 Å².